The minimum absolute atomic E-state index is 0.861. The van der Waals surface area contributed by atoms with Crippen LogP contribution in [0, 0.1) is 0 Å². The second-order valence-corrected chi connectivity index (χ2v) is 33.3. The van der Waals surface area contributed by atoms with Gasteiger partial charge < -0.3 is 244 Å². The number of rotatable bonds is 34. The average Bonchev–Trinajstić information content (AvgIpc) is 0.763. The summed E-state index contributed by atoms with van der Waals surface area (Å²) in [7, 11) is -5.55. The maximum absolute atomic E-state index is 13.3. The van der Waals surface area contributed by atoms with Crippen molar-refractivity contribution in [1.82, 2.24) is 26.6 Å². The van der Waals surface area contributed by atoms with E-state index >= 15 is 0 Å². The second-order valence-electron chi connectivity index (χ2n) is 32.2. The number of amides is 5. The highest BCUT2D eigenvalue weighted by molar-refractivity contribution is 7.80. The second kappa shape index (κ2) is 46.1. The van der Waals surface area contributed by atoms with Crippen LogP contribution in [-0.2, 0) is 129 Å². The summed E-state index contributed by atoms with van der Waals surface area (Å²) >= 11 is 0. The number of carbonyl (C=O) groups excluding carboxylic acids is 5. The van der Waals surface area contributed by atoms with Crippen molar-refractivity contribution in [3.8, 4) is 0 Å². The normalized spacial score (nSPS) is 47.7. The van der Waals surface area contributed by atoms with Crippen molar-refractivity contribution in [1.29, 1.82) is 0 Å². The maximum Gasteiger partial charge on any atom is 0.397 e. The first-order valence-electron chi connectivity index (χ1n) is 40.6. The SMILES string of the molecule is CC(=O)N[C@@H]1[C@H](O[C@@H]2[C@@H](O[C@@H]3[C@H](O)[C@H](O[C@H]4[C@H](O)[C@@H](NC(C)=O)[C@H](O[C@H]5[C@H](O)[C@@H](NC(C)=O)[C@H](O)O[C@@H]5CO[C@@H]5O[C@@H](C)[C@@H](O)[C@@H](O)[C@@H]5O)O[C@@H]4CO)O[C@H](CO[C@H]4O[C@H](CO)[C@@H](O)[C@H](O)[C@@H]4O[C@@H]4O[C@H](CO)[C@@H](O[C@@H]5O[C@H](CO)[C@H](O)[C@H](O)[C@H]5O)[C@H](O)[C@H]4NC(C)=O)[C@H]3O)O[C@H](CO)[C@@H](O)[C@@H]2O)O[C@H](CO)[C@@H](O[C@@H]2O[C@H](CO)[C@H](O)[C@H](OS(=O)(=O)O)[C@H]2NC(C)=O)[C@@H]1O. The van der Waals surface area contributed by atoms with Crippen molar-refractivity contribution in [2.45, 2.75) is 348 Å². The molecule has 0 radical (unpaired) electrons. The Bertz CT molecular complexity index is 3700. The zero-order valence-corrected chi connectivity index (χ0v) is 70.1. The van der Waals surface area contributed by atoms with Gasteiger partial charge in [-0.1, -0.05) is 0 Å². The molecule has 5 amide bonds. The summed E-state index contributed by atoms with van der Waals surface area (Å²) in [5, 5.41) is 293. The zero-order chi connectivity index (χ0) is 95.3. The summed E-state index contributed by atoms with van der Waals surface area (Å²) < 4.78 is 152. The molecule has 58 nitrogen and oxygen atoms in total. The minimum Gasteiger partial charge on any atom is -0.394 e. The third kappa shape index (κ3) is 24.5. The van der Waals surface area contributed by atoms with E-state index in [-0.39, 0.29) is 0 Å². The van der Waals surface area contributed by atoms with E-state index in [0.717, 1.165) is 34.6 Å². The van der Waals surface area contributed by atoms with Crippen molar-refractivity contribution in [2.24, 2.45) is 0 Å². The first kappa shape index (κ1) is 107. The molecule has 10 fully saturated rings. The van der Waals surface area contributed by atoms with Crippen molar-refractivity contribution < 1.29 is 259 Å². The molecule has 59 heteroatoms. The molecule has 50 atom stereocenters. The monoisotopic (exact) mass is 1910 g/mol. The van der Waals surface area contributed by atoms with Crippen molar-refractivity contribution >= 4 is 39.9 Å². The van der Waals surface area contributed by atoms with Crippen molar-refractivity contribution in [2.75, 3.05) is 59.5 Å². The summed E-state index contributed by atoms with van der Waals surface area (Å²) in [6, 6.07) is -9.91. The highest BCUT2D eigenvalue weighted by atomic mass is 32.3. The Balaban J connectivity index is 0.995. The number of nitrogens with one attached hydrogen (secondary N) is 5. The van der Waals surface area contributed by atoms with Gasteiger partial charge in [-0.3, -0.25) is 28.5 Å². The van der Waals surface area contributed by atoms with E-state index < -0.39 is 406 Å². The Hall–Kier alpha value is -4.54. The van der Waals surface area contributed by atoms with Gasteiger partial charge in [-0.25, -0.2) is 4.18 Å². The molecule has 0 aromatic rings. The predicted molar refractivity (Wildman–Crippen MR) is 397 cm³/mol. The van der Waals surface area contributed by atoms with Crippen LogP contribution in [0.25, 0.3) is 0 Å². The summed E-state index contributed by atoms with van der Waals surface area (Å²) in [6.45, 7) is -4.56. The van der Waals surface area contributed by atoms with Crippen LogP contribution in [-0.4, -0.2) is 536 Å². The minimum atomic E-state index is -5.55. The van der Waals surface area contributed by atoms with Gasteiger partial charge in [0.1, 0.15) is 238 Å². The quantitative estimate of drug-likeness (QED) is 0.0266. The Kier molecular flexibility index (Phi) is 38.0. The Labute approximate surface area is 730 Å². The molecule has 0 aromatic carbocycles. The Morgan fingerprint density at radius 1 is 0.256 bits per heavy atom. The van der Waals surface area contributed by atoms with Gasteiger partial charge in [-0.05, 0) is 6.92 Å². The van der Waals surface area contributed by atoms with Gasteiger partial charge in [0.15, 0.2) is 62.9 Å². The van der Waals surface area contributed by atoms with Crippen LogP contribution in [0.4, 0.5) is 0 Å². The lowest BCUT2D eigenvalue weighted by Gasteiger charge is -2.51. The van der Waals surface area contributed by atoms with Crippen LogP contribution in [0.15, 0.2) is 0 Å². The predicted octanol–water partition coefficient (Wildman–Crippen LogP) is -21.2. The first-order valence-corrected chi connectivity index (χ1v) is 42.0. The van der Waals surface area contributed by atoms with Crippen LogP contribution in [0.2, 0.25) is 0 Å². The fourth-order valence-electron chi connectivity index (χ4n) is 16.4. The molecular weight excluding hydrogens is 1790 g/mol. The summed E-state index contributed by atoms with van der Waals surface area (Å²) in [4.78, 5) is 64.5. The lowest BCUT2D eigenvalue weighted by molar-refractivity contribution is -0.398. The lowest BCUT2D eigenvalue weighted by Crippen LogP contribution is -2.71. The number of hydrogen-bond donors (Lipinski definition) is 31. The standard InChI is InChI=1S/C70H117N5O53S/c1-16-36(88)46(98)50(102)66(111-16)109-15-30-56(42(94)31(61(105)112-30)71-17(2)83)122-62-32(72-18(3)84)44(96)55(28(13-82)117-62)124-68-52(104)58(41(93)29(120-68)14-110-69-59(48(100)38(90)23(8-77)115-69)126-63-34(74-20(5)86)45(97)54(27(12-81)119-63)123-67-51(103)47(99)37(89)22(7-76)114-67)125-70-60(49(101)39(91)24(9-78)116-70)127-64-33(73-19(4)85)43(95)53(26(11-80)118-64)121-65-35(75-21(6)87)57(128-129(106,107)108)40(92)25(10-79)113-65/h16,22-70,76-82,88-105H,7-15H2,1-6H3,(H,71,83)(H,72,84)(H,73,85)(H,74,86)(H,75,87)(H,106,107,108)/t16-,22+,23+,24+,25+,26+,27+,28+,29+,30+,31+,32+,33-,34+,35+,36+,37-,38+,39+,40-,41+,42+,43+,44+,45+,46+,47-,48-,49-,50-,51+,52-,53+,54+,55+,56+,57+,58-,59-,60-,61+,62-,63-,64-,65-,66+,67-,68-,69-,70+/m0/s1. The van der Waals surface area contributed by atoms with Gasteiger partial charge in [0.05, 0.1) is 65.6 Å². The fraction of sp³-hybridized carbons (Fsp3) is 0.929. The molecule has 0 aliphatic carbocycles. The molecule has 746 valence electrons. The molecule has 0 aromatic heterocycles. The lowest BCUT2D eigenvalue weighted by atomic mass is 9.93. The molecule has 10 rings (SSSR count). The summed E-state index contributed by atoms with van der Waals surface area (Å²) in [5.41, 5.74) is 0. The average molecular weight is 1910 g/mol. The van der Waals surface area contributed by atoms with Gasteiger partial charge in [-0.15, -0.1) is 0 Å². The summed E-state index contributed by atoms with van der Waals surface area (Å²) in [5.74, 6) is -4.90. The van der Waals surface area contributed by atoms with Gasteiger partial charge in [0.25, 0.3) is 0 Å². The molecule has 10 aliphatic heterocycles. The fourth-order valence-corrected chi connectivity index (χ4v) is 16.9. The molecule has 129 heavy (non-hydrogen) atoms. The van der Waals surface area contributed by atoms with E-state index in [4.69, 9.17) is 90.0 Å². The zero-order valence-electron chi connectivity index (χ0n) is 69.3. The van der Waals surface area contributed by atoms with E-state index in [1.807, 2.05) is 0 Å². The third-order valence-corrected chi connectivity index (χ3v) is 23.5. The molecule has 0 unspecified atom stereocenters. The summed E-state index contributed by atoms with van der Waals surface area (Å²) in [6.07, 6.45) is -95.8. The highest BCUT2D eigenvalue weighted by Crippen LogP contribution is 2.41. The van der Waals surface area contributed by atoms with Crippen LogP contribution in [0.5, 0.6) is 0 Å². The van der Waals surface area contributed by atoms with Gasteiger partial charge in [0, 0.05) is 34.6 Å². The number of aliphatic hydroxyl groups is 25. The molecule has 31 N–H and O–H groups in total. The largest absolute Gasteiger partial charge is 0.397 e. The molecule has 0 saturated carbocycles. The van der Waals surface area contributed by atoms with Crippen molar-refractivity contribution in [3.63, 3.8) is 0 Å². The topological polar surface area (TPSA) is 890 Å². The molecule has 10 heterocycles. The first-order chi connectivity index (χ1) is 60.7. The number of aliphatic hydroxyl groups excluding tert-OH is 25. The molecule has 0 bridgehead atoms. The van der Waals surface area contributed by atoms with E-state index in [1.54, 1.807) is 0 Å². The Morgan fingerprint density at radius 2 is 0.543 bits per heavy atom. The molecule has 10 saturated heterocycles. The van der Waals surface area contributed by atoms with E-state index in [2.05, 4.69) is 30.8 Å². The van der Waals surface area contributed by atoms with Crippen LogP contribution in [0.3, 0.4) is 0 Å². The van der Waals surface area contributed by atoms with Gasteiger partial charge in [0.2, 0.25) is 29.5 Å². The smallest absolute Gasteiger partial charge is 0.394 e. The number of carbonyl (C=O) groups is 5. The number of hydrogen-bond acceptors (Lipinski definition) is 52. The molecular formula is C70H117N5O53S. The van der Waals surface area contributed by atoms with E-state index in [1.165, 1.54) is 6.92 Å². The van der Waals surface area contributed by atoms with E-state index in [0.29, 0.717) is 0 Å². The van der Waals surface area contributed by atoms with Gasteiger partial charge >= 0.3 is 10.4 Å². The molecule has 10 aliphatic rings. The Morgan fingerprint density at radius 3 is 0.977 bits per heavy atom. The third-order valence-electron chi connectivity index (χ3n) is 23.0. The number of ether oxygens (including phenoxy) is 19. The highest BCUT2D eigenvalue weighted by Gasteiger charge is 2.62. The molecule has 0 spiro atoms. The van der Waals surface area contributed by atoms with E-state index in [9.17, 15) is 165 Å². The van der Waals surface area contributed by atoms with Gasteiger partial charge in [-0.2, -0.15) is 8.42 Å². The van der Waals surface area contributed by atoms with Crippen molar-refractivity contribution in [3.05, 3.63) is 0 Å². The maximum atomic E-state index is 13.3. The van der Waals surface area contributed by atoms with Crippen LogP contribution >= 0.6 is 0 Å². The van der Waals surface area contributed by atoms with Crippen LogP contribution < -0.4 is 26.6 Å². The van der Waals surface area contributed by atoms with Crippen LogP contribution in [0.1, 0.15) is 41.5 Å².